The van der Waals surface area contributed by atoms with E-state index < -0.39 is 11.4 Å². The van der Waals surface area contributed by atoms with Crippen LogP contribution in [-0.2, 0) is 23.9 Å². The van der Waals surface area contributed by atoms with E-state index in [2.05, 4.69) is 17.9 Å². The van der Waals surface area contributed by atoms with Gasteiger partial charge in [0.15, 0.2) is 0 Å². The number of fused-ring (bicyclic) bond motifs is 1. The van der Waals surface area contributed by atoms with Crippen molar-refractivity contribution in [2.24, 2.45) is 5.92 Å². The van der Waals surface area contributed by atoms with E-state index in [9.17, 15) is 9.90 Å². The molecule has 34 heavy (non-hydrogen) atoms. The van der Waals surface area contributed by atoms with Crippen LogP contribution in [0.4, 0.5) is 0 Å². The van der Waals surface area contributed by atoms with Crippen LogP contribution in [0, 0.1) is 5.92 Å². The Kier molecular flexibility index (Phi) is 8.37. The van der Waals surface area contributed by atoms with Crippen molar-refractivity contribution in [1.82, 2.24) is 0 Å². The van der Waals surface area contributed by atoms with Gasteiger partial charge in [-0.3, -0.25) is 10.1 Å². The summed E-state index contributed by atoms with van der Waals surface area (Å²) in [5.41, 5.74) is 3.31. The van der Waals surface area contributed by atoms with Gasteiger partial charge in [-0.1, -0.05) is 35.5 Å². The van der Waals surface area contributed by atoms with Gasteiger partial charge >= 0.3 is 5.97 Å². The molecule has 0 saturated heterocycles. The fourth-order valence-corrected chi connectivity index (χ4v) is 4.84. The Morgan fingerprint density at radius 1 is 1.26 bits per heavy atom. The third-order valence-corrected chi connectivity index (χ3v) is 6.44. The molecule has 0 amide bonds. The standard InChI is InChI=1S/C27H38O7/c1-17(8-7-9-26(5,6)34-30)10-22-11-18(2)14-27(32-22)15-21(16-28)23-13-24(31-20(4)29)19(3)12-25(23)33-27/h7,9-10,12,14-15,22-25,28,30H,8,11,13,16H2,1-6H3/t22-,23-,24+,25-,27+/m1/s1. The van der Waals surface area contributed by atoms with Gasteiger partial charge in [-0.05, 0) is 77.2 Å². The second-order valence-electron chi connectivity index (χ2n) is 10.2. The minimum absolute atomic E-state index is 0.0825. The molecule has 7 nitrogen and oxygen atoms in total. The normalized spacial score (nSPS) is 32.2. The average molecular weight is 475 g/mol. The fourth-order valence-electron chi connectivity index (χ4n) is 4.84. The summed E-state index contributed by atoms with van der Waals surface area (Å²) in [5, 5.41) is 19.1. The summed E-state index contributed by atoms with van der Waals surface area (Å²) >= 11 is 0. The molecule has 2 aliphatic heterocycles. The lowest BCUT2D eigenvalue weighted by Crippen LogP contribution is -2.49. The van der Waals surface area contributed by atoms with Crippen molar-refractivity contribution in [1.29, 1.82) is 0 Å². The Labute approximate surface area is 202 Å². The largest absolute Gasteiger partial charge is 0.458 e. The molecule has 5 atom stereocenters. The topological polar surface area (TPSA) is 94.5 Å². The van der Waals surface area contributed by atoms with Gasteiger partial charge < -0.3 is 19.3 Å². The molecule has 3 rings (SSSR count). The number of aliphatic hydroxyl groups excluding tert-OH is 1. The predicted octanol–water partition coefficient (Wildman–Crippen LogP) is 4.79. The van der Waals surface area contributed by atoms with E-state index in [1.165, 1.54) is 6.92 Å². The molecule has 0 fully saturated rings. The molecule has 2 N–H and O–H groups in total. The Balaban J connectivity index is 1.80. The fraction of sp³-hybridized carbons (Fsp3) is 0.593. The van der Waals surface area contributed by atoms with Crippen molar-refractivity contribution in [3.05, 3.63) is 58.7 Å². The van der Waals surface area contributed by atoms with Gasteiger partial charge in [0.1, 0.15) is 11.7 Å². The number of carbonyl (C=O) groups is 1. The smallest absolute Gasteiger partial charge is 0.303 e. The first-order valence-electron chi connectivity index (χ1n) is 11.9. The first kappa shape index (κ1) is 26.6. The monoisotopic (exact) mass is 474 g/mol. The Hall–Kier alpha value is -2.03. The van der Waals surface area contributed by atoms with E-state index in [0.29, 0.717) is 12.8 Å². The lowest BCUT2D eigenvalue weighted by molar-refractivity contribution is -0.297. The highest BCUT2D eigenvalue weighted by molar-refractivity contribution is 5.66. The first-order chi connectivity index (χ1) is 16.0. The molecule has 0 aromatic carbocycles. The lowest BCUT2D eigenvalue weighted by Gasteiger charge is -2.46. The summed E-state index contributed by atoms with van der Waals surface area (Å²) in [6.07, 6.45) is 13.0. The van der Waals surface area contributed by atoms with E-state index >= 15 is 0 Å². The number of allylic oxidation sites excluding steroid dienone is 2. The molecule has 0 radical (unpaired) electrons. The van der Waals surface area contributed by atoms with Crippen LogP contribution in [0.25, 0.3) is 0 Å². The van der Waals surface area contributed by atoms with E-state index in [1.807, 2.05) is 44.2 Å². The summed E-state index contributed by atoms with van der Waals surface area (Å²) in [4.78, 5) is 15.9. The maximum atomic E-state index is 11.5. The number of aliphatic hydroxyl groups is 1. The number of esters is 1. The highest BCUT2D eigenvalue weighted by atomic mass is 17.1. The van der Waals surface area contributed by atoms with Gasteiger partial charge in [0.25, 0.3) is 0 Å². The Bertz CT molecular complexity index is 923. The third-order valence-electron chi connectivity index (χ3n) is 6.44. The van der Waals surface area contributed by atoms with Crippen LogP contribution >= 0.6 is 0 Å². The first-order valence-corrected chi connectivity index (χ1v) is 11.9. The zero-order chi connectivity index (χ0) is 25.1. The highest BCUT2D eigenvalue weighted by Gasteiger charge is 2.46. The van der Waals surface area contributed by atoms with Gasteiger partial charge in [-0.15, -0.1) is 0 Å². The molecule has 188 valence electrons. The lowest BCUT2D eigenvalue weighted by atomic mass is 9.78. The molecule has 1 spiro atoms. The SMILES string of the molecule is CC(=O)O[C@H]1C[C@@H]2C(CO)=C[C@]3(C=C(C)C[C@@H](C=C(C)CC=CC(C)(C)OO)O3)O[C@@H]2C=C1C. The van der Waals surface area contributed by atoms with Crippen LogP contribution in [-0.4, -0.2) is 52.6 Å². The van der Waals surface area contributed by atoms with Crippen LogP contribution in [0.15, 0.2) is 58.7 Å². The molecule has 0 aromatic heterocycles. The molecule has 3 aliphatic rings. The third kappa shape index (κ3) is 6.55. The molecule has 0 saturated carbocycles. The number of hydrogen-bond acceptors (Lipinski definition) is 7. The molecule has 1 aliphatic carbocycles. The quantitative estimate of drug-likeness (QED) is 0.237. The number of hydrogen-bond donors (Lipinski definition) is 2. The Morgan fingerprint density at radius 3 is 2.65 bits per heavy atom. The van der Waals surface area contributed by atoms with Crippen LogP contribution in [0.2, 0.25) is 0 Å². The highest BCUT2D eigenvalue weighted by Crippen LogP contribution is 2.43. The van der Waals surface area contributed by atoms with Gasteiger partial charge in [0, 0.05) is 12.8 Å². The zero-order valence-corrected chi connectivity index (χ0v) is 21.0. The predicted molar refractivity (Wildman–Crippen MR) is 129 cm³/mol. The van der Waals surface area contributed by atoms with Crippen LogP contribution < -0.4 is 0 Å². The molecule has 7 heteroatoms. The maximum Gasteiger partial charge on any atom is 0.303 e. The van der Waals surface area contributed by atoms with Crippen molar-refractivity contribution >= 4 is 5.97 Å². The maximum absolute atomic E-state index is 11.5. The number of rotatable bonds is 7. The second-order valence-corrected chi connectivity index (χ2v) is 10.2. The van der Waals surface area contributed by atoms with E-state index in [4.69, 9.17) is 19.5 Å². The summed E-state index contributed by atoms with van der Waals surface area (Å²) in [6.45, 7) is 10.9. The van der Waals surface area contributed by atoms with Crippen molar-refractivity contribution in [3.63, 3.8) is 0 Å². The average Bonchev–Trinajstić information content (AvgIpc) is 2.73. The van der Waals surface area contributed by atoms with E-state index in [1.54, 1.807) is 13.8 Å². The minimum atomic E-state index is -1.06. The van der Waals surface area contributed by atoms with Gasteiger partial charge in [-0.25, -0.2) is 4.89 Å². The minimum Gasteiger partial charge on any atom is -0.458 e. The summed E-state index contributed by atoms with van der Waals surface area (Å²) < 4.78 is 18.4. The van der Waals surface area contributed by atoms with Crippen molar-refractivity contribution in [2.45, 2.75) is 90.5 Å². The van der Waals surface area contributed by atoms with Crippen molar-refractivity contribution < 1.29 is 34.3 Å². The summed E-state index contributed by atoms with van der Waals surface area (Å²) in [6, 6.07) is 0. The molecule has 0 bridgehead atoms. The van der Waals surface area contributed by atoms with Crippen LogP contribution in [0.3, 0.4) is 0 Å². The number of ether oxygens (including phenoxy) is 3. The van der Waals surface area contributed by atoms with Crippen molar-refractivity contribution in [3.8, 4) is 0 Å². The van der Waals surface area contributed by atoms with Crippen molar-refractivity contribution in [2.75, 3.05) is 6.61 Å². The molecular formula is C27H38O7. The van der Waals surface area contributed by atoms with Gasteiger partial charge in [0.05, 0.1) is 18.8 Å². The summed E-state index contributed by atoms with van der Waals surface area (Å²) in [7, 11) is 0. The van der Waals surface area contributed by atoms with Crippen LogP contribution in [0.5, 0.6) is 0 Å². The van der Waals surface area contributed by atoms with Gasteiger partial charge in [-0.2, -0.15) is 0 Å². The molecule has 2 heterocycles. The number of carbonyl (C=O) groups excluding carboxylic acids is 1. The van der Waals surface area contributed by atoms with E-state index in [0.717, 1.165) is 28.7 Å². The summed E-state index contributed by atoms with van der Waals surface area (Å²) in [5.74, 6) is -1.46. The van der Waals surface area contributed by atoms with E-state index in [-0.39, 0.29) is 36.8 Å². The van der Waals surface area contributed by atoms with Gasteiger partial charge in [0.2, 0.25) is 5.79 Å². The Morgan fingerprint density at radius 2 is 2.00 bits per heavy atom. The molecular weight excluding hydrogens is 436 g/mol. The zero-order valence-electron chi connectivity index (χ0n) is 21.0. The molecule has 0 aromatic rings. The second kappa shape index (κ2) is 10.7. The molecule has 0 unspecified atom stereocenters. The van der Waals surface area contributed by atoms with Crippen LogP contribution in [0.1, 0.15) is 60.8 Å².